The van der Waals surface area contributed by atoms with Gasteiger partial charge in [0.25, 0.3) is 10.0 Å². The third-order valence-electron chi connectivity index (χ3n) is 3.55. The van der Waals surface area contributed by atoms with Crippen molar-refractivity contribution in [3.05, 3.63) is 59.7 Å². The molecule has 0 aliphatic carbocycles. The minimum atomic E-state index is -4.66. The molecule has 0 aliphatic rings. The van der Waals surface area contributed by atoms with Crippen LogP contribution in [0.3, 0.4) is 0 Å². The number of carbonyl (C=O) groups excluding carboxylic acids is 1. The third kappa shape index (κ3) is 5.69. The standard InChI is InChI=1S/C17H18F3N3O3S/c1-2-5-12-8-10-13(11-9-12)27(25,26)23-22-16(24)21-15-7-4-3-6-14(15)17(18,19)20/h3-4,6-11,23H,2,5H2,1H3,(H2,21,22,24). The molecule has 0 saturated carbocycles. The normalized spacial score (nSPS) is 11.9. The Bertz CT molecular complexity index is 898. The van der Waals surface area contributed by atoms with Gasteiger partial charge in [-0.15, -0.1) is 4.83 Å². The molecule has 2 aromatic carbocycles. The number of alkyl halides is 3. The van der Waals surface area contributed by atoms with Gasteiger partial charge in [0, 0.05) is 0 Å². The number of halogens is 3. The van der Waals surface area contributed by atoms with Gasteiger partial charge in [-0.25, -0.2) is 13.2 Å². The number of para-hydroxylation sites is 1. The lowest BCUT2D eigenvalue weighted by atomic mass is 10.1. The first-order valence-electron chi connectivity index (χ1n) is 7.97. The van der Waals surface area contributed by atoms with E-state index in [4.69, 9.17) is 0 Å². The van der Waals surface area contributed by atoms with E-state index in [1.165, 1.54) is 24.3 Å². The lowest BCUT2D eigenvalue weighted by Crippen LogP contribution is -2.44. The summed E-state index contributed by atoms with van der Waals surface area (Å²) < 4.78 is 63.0. The van der Waals surface area contributed by atoms with Crippen LogP contribution in [0.4, 0.5) is 23.7 Å². The molecule has 0 heterocycles. The highest BCUT2D eigenvalue weighted by Gasteiger charge is 2.33. The first kappa shape index (κ1) is 20.7. The maximum absolute atomic E-state index is 12.9. The number of benzene rings is 2. The number of amides is 2. The van der Waals surface area contributed by atoms with E-state index in [1.807, 2.05) is 22.5 Å². The zero-order valence-electron chi connectivity index (χ0n) is 14.3. The number of carbonyl (C=O) groups is 1. The maximum atomic E-state index is 12.9. The van der Waals surface area contributed by atoms with Gasteiger partial charge in [0.2, 0.25) is 0 Å². The smallest absolute Gasteiger partial charge is 0.306 e. The number of sulfonamides is 1. The van der Waals surface area contributed by atoms with Crippen LogP contribution in [0.25, 0.3) is 0 Å². The van der Waals surface area contributed by atoms with E-state index in [1.54, 1.807) is 12.1 Å². The van der Waals surface area contributed by atoms with E-state index < -0.39 is 33.5 Å². The lowest BCUT2D eigenvalue weighted by Gasteiger charge is -2.14. The predicted molar refractivity (Wildman–Crippen MR) is 94.4 cm³/mol. The van der Waals surface area contributed by atoms with Crippen LogP contribution in [0.2, 0.25) is 0 Å². The van der Waals surface area contributed by atoms with Crippen LogP contribution in [-0.2, 0) is 22.6 Å². The van der Waals surface area contributed by atoms with Crippen molar-refractivity contribution < 1.29 is 26.4 Å². The molecule has 0 unspecified atom stereocenters. The molecular formula is C17H18F3N3O3S. The van der Waals surface area contributed by atoms with Crippen molar-refractivity contribution in [3.8, 4) is 0 Å². The van der Waals surface area contributed by atoms with Crippen LogP contribution in [-0.4, -0.2) is 14.4 Å². The number of urea groups is 1. The Labute approximate surface area is 154 Å². The first-order valence-corrected chi connectivity index (χ1v) is 9.46. The van der Waals surface area contributed by atoms with Crippen molar-refractivity contribution in [3.63, 3.8) is 0 Å². The Morgan fingerprint density at radius 1 is 1.04 bits per heavy atom. The highest BCUT2D eigenvalue weighted by Crippen LogP contribution is 2.34. The molecule has 0 aromatic heterocycles. The molecule has 0 atom stereocenters. The second-order valence-corrected chi connectivity index (χ2v) is 7.30. The number of hydrazine groups is 1. The Balaban J connectivity index is 2.03. The Morgan fingerprint density at radius 2 is 1.67 bits per heavy atom. The van der Waals surface area contributed by atoms with Crippen LogP contribution in [0.5, 0.6) is 0 Å². The number of rotatable bonds is 6. The summed E-state index contributed by atoms with van der Waals surface area (Å²) in [5.41, 5.74) is 1.26. The molecule has 2 aromatic rings. The number of nitrogens with one attached hydrogen (secondary N) is 3. The van der Waals surface area contributed by atoms with Gasteiger partial charge in [-0.1, -0.05) is 37.6 Å². The first-order chi connectivity index (χ1) is 12.6. The molecule has 146 valence electrons. The average molecular weight is 401 g/mol. The fraction of sp³-hybridized carbons (Fsp3) is 0.235. The zero-order chi connectivity index (χ0) is 20.1. The van der Waals surface area contributed by atoms with E-state index in [9.17, 15) is 26.4 Å². The van der Waals surface area contributed by atoms with Gasteiger partial charge >= 0.3 is 12.2 Å². The maximum Gasteiger partial charge on any atom is 0.418 e. The van der Waals surface area contributed by atoms with E-state index in [2.05, 4.69) is 0 Å². The topological polar surface area (TPSA) is 87.3 Å². The summed E-state index contributed by atoms with van der Waals surface area (Å²) in [6, 6.07) is 9.26. The summed E-state index contributed by atoms with van der Waals surface area (Å²) in [6.07, 6.45) is -2.96. The summed E-state index contributed by atoms with van der Waals surface area (Å²) in [5, 5.41) is 1.97. The molecule has 0 aliphatic heterocycles. The second kappa shape index (κ2) is 8.40. The van der Waals surface area contributed by atoms with E-state index in [-0.39, 0.29) is 4.90 Å². The molecule has 0 saturated heterocycles. The van der Waals surface area contributed by atoms with Gasteiger partial charge in [-0.3, -0.25) is 5.43 Å². The number of hydrogen-bond donors (Lipinski definition) is 3. The molecular weight excluding hydrogens is 383 g/mol. The molecule has 0 radical (unpaired) electrons. The molecule has 0 spiro atoms. The van der Waals surface area contributed by atoms with Gasteiger partial charge in [0.1, 0.15) is 0 Å². The van der Waals surface area contributed by atoms with Gasteiger partial charge in [-0.2, -0.15) is 13.2 Å². The molecule has 6 nitrogen and oxygen atoms in total. The van der Waals surface area contributed by atoms with Crippen LogP contribution < -0.4 is 15.6 Å². The molecule has 0 fully saturated rings. The Morgan fingerprint density at radius 3 is 2.26 bits per heavy atom. The second-order valence-electron chi connectivity index (χ2n) is 5.62. The Kier molecular flexibility index (Phi) is 6.45. The third-order valence-corrected chi connectivity index (χ3v) is 4.82. The molecule has 3 N–H and O–H groups in total. The van der Waals surface area contributed by atoms with Crippen LogP contribution in [0, 0.1) is 0 Å². The minimum Gasteiger partial charge on any atom is -0.306 e. The molecule has 2 amide bonds. The van der Waals surface area contributed by atoms with Crippen LogP contribution >= 0.6 is 0 Å². The van der Waals surface area contributed by atoms with Gasteiger partial charge in [0.15, 0.2) is 0 Å². The van der Waals surface area contributed by atoms with E-state index >= 15 is 0 Å². The van der Waals surface area contributed by atoms with Crippen molar-refractivity contribution in [2.45, 2.75) is 30.8 Å². The van der Waals surface area contributed by atoms with Gasteiger partial charge in [0.05, 0.1) is 16.1 Å². The van der Waals surface area contributed by atoms with Crippen LogP contribution in [0.15, 0.2) is 53.4 Å². The van der Waals surface area contributed by atoms with Crippen LogP contribution in [0.1, 0.15) is 24.5 Å². The van der Waals surface area contributed by atoms with Crippen molar-refractivity contribution in [2.75, 3.05) is 5.32 Å². The van der Waals surface area contributed by atoms with E-state index in [0.29, 0.717) is 0 Å². The SMILES string of the molecule is CCCc1ccc(S(=O)(=O)NNC(=O)Nc2ccccc2C(F)(F)F)cc1. The summed E-state index contributed by atoms with van der Waals surface area (Å²) >= 11 is 0. The van der Waals surface area contributed by atoms with Crippen molar-refractivity contribution in [2.24, 2.45) is 0 Å². The summed E-state index contributed by atoms with van der Waals surface area (Å²) in [4.78, 5) is 13.5. The fourth-order valence-electron chi connectivity index (χ4n) is 2.29. The highest BCUT2D eigenvalue weighted by molar-refractivity contribution is 7.89. The Hall–Kier alpha value is -2.59. The zero-order valence-corrected chi connectivity index (χ0v) is 15.1. The number of hydrogen-bond acceptors (Lipinski definition) is 3. The summed E-state index contributed by atoms with van der Waals surface area (Å²) in [7, 11) is -4.06. The van der Waals surface area contributed by atoms with Crippen molar-refractivity contribution in [1.29, 1.82) is 0 Å². The minimum absolute atomic E-state index is 0.0849. The summed E-state index contributed by atoms with van der Waals surface area (Å²) in [5.74, 6) is 0. The largest absolute Gasteiger partial charge is 0.418 e. The summed E-state index contributed by atoms with van der Waals surface area (Å²) in [6.45, 7) is 1.99. The van der Waals surface area contributed by atoms with Crippen molar-refractivity contribution >= 4 is 21.7 Å². The van der Waals surface area contributed by atoms with Gasteiger partial charge in [-0.05, 0) is 36.2 Å². The number of aryl methyl sites for hydroxylation is 1. The lowest BCUT2D eigenvalue weighted by molar-refractivity contribution is -0.136. The molecule has 2 rings (SSSR count). The molecule has 10 heteroatoms. The fourth-order valence-corrected chi connectivity index (χ4v) is 3.13. The number of anilines is 1. The monoisotopic (exact) mass is 401 g/mol. The highest BCUT2D eigenvalue weighted by atomic mass is 32.2. The van der Waals surface area contributed by atoms with E-state index in [0.717, 1.165) is 30.5 Å². The van der Waals surface area contributed by atoms with Gasteiger partial charge < -0.3 is 5.32 Å². The quantitative estimate of drug-likeness (QED) is 0.646. The molecule has 27 heavy (non-hydrogen) atoms. The average Bonchev–Trinajstić information content (AvgIpc) is 2.60. The molecule has 0 bridgehead atoms. The van der Waals surface area contributed by atoms with Crippen molar-refractivity contribution in [1.82, 2.24) is 10.3 Å². The predicted octanol–water partition coefficient (Wildman–Crippen LogP) is 3.67.